The van der Waals surface area contributed by atoms with Gasteiger partial charge in [0.25, 0.3) is 0 Å². The Labute approximate surface area is 43.0 Å². The Morgan fingerprint density at radius 3 is 2.50 bits per heavy atom. The van der Waals surface area contributed by atoms with Crippen LogP contribution in [-0.2, 0) is 0 Å². The van der Waals surface area contributed by atoms with Crippen molar-refractivity contribution in [2.75, 3.05) is 0 Å². The van der Waals surface area contributed by atoms with Crippen molar-refractivity contribution in [1.29, 1.82) is 0 Å². The monoisotopic (exact) mass is 141 g/mol. The molecule has 1 nitrogen and oxygen atoms in total. The van der Waals surface area contributed by atoms with Crippen LogP contribution in [0.1, 0.15) is 0 Å². The second-order valence-electron chi connectivity index (χ2n) is 1.02. The molecule has 0 aliphatic carbocycles. The summed E-state index contributed by atoms with van der Waals surface area (Å²) in [5.41, 5.74) is 0. The normalized spacial score (nSPS) is 16.0. The minimum atomic E-state index is -0.258. The Hall–Kier alpha value is -0.177. The average molecular weight is 140 g/mol. The molecule has 0 fully saturated rings. The maximum atomic E-state index is 4.07. The van der Waals surface area contributed by atoms with E-state index in [0.29, 0.717) is 0 Å². The van der Waals surface area contributed by atoms with E-state index in [1.165, 1.54) is 0 Å². The van der Waals surface area contributed by atoms with Crippen molar-refractivity contribution < 1.29 is 0 Å². The van der Waals surface area contributed by atoms with Crippen LogP contribution in [0, 0.1) is 0 Å². The summed E-state index contributed by atoms with van der Waals surface area (Å²) in [4.78, 5) is 2.17. The van der Waals surface area contributed by atoms with Crippen molar-refractivity contribution in [1.82, 2.24) is 0 Å². The first-order chi connectivity index (χ1) is 3.00. The zero-order valence-corrected chi connectivity index (χ0v) is 5.76. The van der Waals surface area contributed by atoms with Crippen molar-refractivity contribution in [2.24, 2.45) is 3.90 Å². The molecule has 0 amide bonds. The quantitative estimate of drug-likeness (QED) is 0.437. The van der Waals surface area contributed by atoms with Crippen LogP contribution in [-0.4, -0.2) is 15.2 Å². The first-order valence-corrected chi connectivity index (χ1v) is 4.33. The summed E-state index contributed by atoms with van der Waals surface area (Å²) in [7, 11) is 0. The van der Waals surface area contributed by atoms with Crippen LogP contribution in [0.5, 0.6) is 0 Å². The molecule has 0 saturated heterocycles. The maximum absolute atomic E-state index is 4.07. The summed E-state index contributed by atoms with van der Waals surface area (Å²) in [5.74, 6) is 0. The van der Waals surface area contributed by atoms with Crippen molar-refractivity contribution >= 4 is 15.2 Å². The van der Waals surface area contributed by atoms with E-state index in [9.17, 15) is 0 Å². The summed E-state index contributed by atoms with van der Waals surface area (Å²) >= 11 is -0.258. The molecule has 0 radical (unpaired) electrons. The van der Waals surface area contributed by atoms with Gasteiger partial charge in [-0.3, -0.25) is 0 Å². The number of hydrogen-bond donors (Lipinski definition) is 0. The minimum absolute atomic E-state index is 0.258. The van der Waals surface area contributed by atoms with E-state index in [4.69, 9.17) is 0 Å². The molecule has 0 aromatic carbocycles. The molecule has 0 saturated carbocycles. The van der Waals surface area contributed by atoms with Gasteiger partial charge in [-0.05, 0) is 0 Å². The molecule has 0 N–H and O–H groups in total. The van der Waals surface area contributed by atoms with Crippen molar-refractivity contribution in [3.05, 3.63) is 23.3 Å². The first-order valence-electron chi connectivity index (χ1n) is 1.85. The SMILES string of the molecule is C1=C[N]=[GeH][CH]=C1. The predicted octanol–water partition coefficient (Wildman–Crippen LogP) is 0.647. The molecule has 30 valence electrons. The van der Waals surface area contributed by atoms with Gasteiger partial charge in [-0.1, -0.05) is 0 Å². The Morgan fingerprint density at radius 1 is 1.33 bits per heavy atom. The van der Waals surface area contributed by atoms with Crippen LogP contribution in [0.2, 0.25) is 0 Å². The van der Waals surface area contributed by atoms with Gasteiger partial charge in [-0.2, -0.15) is 0 Å². The molecule has 1 rings (SSSR count). The Balaban J connectivity index is 2.77. The molecule has 2 heteroatoms. The van der Waals surface area contributed by atoms with E-state index < -0.39 is 0 Å². The Kier molecular flexibility index (Phi) is 1.38. The van der Waals surface area contributed by atoms with E-state index in [1.807, 2.05) is 12.3 Å². The molecular formula is C4H5GeN. The number of hydrogen-bond acceptors (Lipinski definition) is 1. The zero-order chi connectivity index (χ0) is 4.24. The molecule has 6 heavy (non-hydrogen) atoms. The number of allylic oxidation sites excluding steroid dienone is 2. The zero-order valence-electron chi connectivity index (χ0n) is 3.33. The molecule has 1 heterocycles. The molecule has 1 aliphatic rings. The fourth-order valence-electron chi connectivity index (χ4n) is 0.313. The standard InChI is InChI=1S/C4H5GeN/c1-2-4-6-5-3-1/h1-5H. The van der Waals surface area contributed by atoms with Gasteiger partial charge in [0.2, 0.25) is 0 Å². The van der Waals surface area contributed by atoms with Crippen LogP contribution in [0.4, 0.5) is 0 Å². The van der Waals surface area contributed by atoms with Gasteiger partial charge in [0.15, 0.2) is 0 Å². The molecular weight excluding hydrogens is 135 g/mol. The summed E-state index contributed by atoms with van der Waals surface area (Å²) in [6, 6.07) is 0. The molecule has 0 atom stereocenters. The van der Waals surface area contributed by atoms with Crippen molar-refractivity contribution in [3.8, 4) is 0 Å². The van der Waals surface area contributed by atoms with E-state index in [-0.39, 0.29) is 15.2 Å². The summed E-state index contributed by atoms with van der Waals surface area (Å²) in [6.45, 7) is 0. The molecule has 0 aromatic rings. The van der Waals surface area contributed by atoms with Crippen LogP contribution < -0.4 is 0 Å². The number of rotatable bonds is 0. The summed E-state index contributed by atoms with van der Waals surface area (Å²) in [6.07, 6.45) is 5.90. The van der Waals surface area contributed by atoms with Gasteiger partial charge >= 0.3 is 42.4 Å². The van der Waals surface area contributed by atoms with Gasteiger partial charge in [0.05, 0.1) is 0 Å². The van der Waals surface area contributed by atoms with Crippen LogP contribution in [0.15, 0.2) is 27.2 Å². The molecule has 0 spiro atoms. The topological polar surface area (TPSA) is 12.4 Å². The van der Waals surface area contributed by atoms with E-state index in [1.54, 1.807) is 0 Å². The Bertz CT molecular complexity index is 76.9. The summed E-state index contributed by atoms with van der Waals surface area (Å²) in [5, 5.41) is 0. The third-order valence-electron chi connectivity index (χ3n) is 0.566. The van der Waals surface area contributed by atoms with E-state index >= 15 is 0 Å². The van der Waals surface area contributed by atoms with Crippen LogP contribution in [0.25, 0.3) is 0 Å². The average Bonchev–Trinajstić information content (AvgIpc) is 1.72. The van der Waals surface area contributed by atoms with Crippen LogP contribution >= 0.6 is 0 Å². The van der Waals surface area contributed by atoms with Gasteiger partial charge in [0, 0.05) is 0 Å². The molecule has 1 aliphatic heterocycles. The van der Waals surface area contributed by atoms with E-state index in [0.717, 1.165) is 0 Å². The van der Waals surface area contributed by atoms with Crippen LogP contribution in [0.3, 0.4) is 0 Å². The molecule has 0 bridgehead atoms. The molecule has 0 unspecified atom stereocenters. The first kappa shape index (κ1) is 3.99. The summed E-state index contributed by atoms with van der Waals surface area (Å²) < 4.78 is 4.07. The fourth-order valence-corrected chi connectivity index (χ4v) is 1.42. The van der Waals surface area contributed by atoms with Gasteiger partial charge < -0.3 is 0 Å². The van der Waals surface area contributed by atoms with Gasteiger partial charge in [-0.15, -0.1) is 0 Å². The Morgan fingerprint density at radius 2 is 2.33 bits per heavy atom. The molecule has 0 aromatic heterocycles. The second-order valence-corrected chi connectivity index (χ2v) is 3.08. The van der Waals surface area contributed by atoms with Gasteiger partial charge in [-0.25, -0.2) is 0 Å². The van der Waals surface area contributed by atoms with Gasteiger partial charge in [0.1, 0.15) is 0 Å². The van der Waals surface area contributed by atoms with Crippen molar-refractivity contribution in [2.45, 2.75) is 0 Å². The number of nitrogens with zero attached hydrogens (tertiary/aromatic N) is 1. The predicted molar refractivity (Wildman–Crippen MR) is 27.9 cm³/mol. The van der Waals surface area contributed by atoms with Crippen molar-refractivity contribution in [3.63, 3.8) is 0 Å². The third-order valence-corrected chi connectivity index (χ3v) is 2.12. The van der Waals surface area contributed by atoms with E-state index in [2.05, 4.69) is 14.9 Å². The fraction of sp³-hybridized carbons (Fsp3) is 0. The third kappa shape index (κ3) is 0.898. The second kappa shape index (κ2) is 2.08.